The first-order valence-corrected chi connectivity index (χ1v) is 7.22. The number of hydrogen-bond donors (Lipinski definition) is 10. The van der Waals surface area contributed by atoms with Crippen molar-refractivity contribution in [3.8, 4) is 0 Å². The molecule has 0 aliphatic carbocycles. The minimum atomic E-state index is -2.74. The lowest BCUT2D eigenvalue weighted by Crippen LogP contribution is -2.42. The van der Waals surface area contributed by atoms with E-state index in [1.54, 1.807) is 0 Å². The second kappa shape index (κ2) is 14.8. The highest BCUT2D eigenvalue weighted by atomic mass is 16.4. The van der Waals surface area contributed by atoms with E-state index in [4.69, 9.17) is 51.1 Å². The zero-order valence-electron chi connectivity index (χ0n) is 15.1. The van der Waals surface area contributed by atoms with Crippen LogP contribution in [-0.4, -0.2) is 111 Å². The standard InChI is InChI=1S/C6H8O7.C4H6O6.C4H4O4/c7-3(8)1-6(13,5(11)12)2-4(9)10;5-1(3(7)8)2(6)4(9)10;5-3(6)1-2-4(7)8/h13H,1-2H2,(H,7,8)(H,9,10)(H,11,12);1-2,5-6H,(H,7,8)(H,9,10);1-2H,(H,5,6)(H,7,8)/b;;2-1-. The van der Waals surface area contributed by atoms with Crippen LogP contribution in [0.2, 0.25) is 0 Å². The molecule has 2 atom stereocenters. The molecule has 10 N–H and O–H groups in total. The topological polar surface area (TPSA) is 322 Å². The van der Waals surface area contributed by atoms with Gasteiger partial charge in [-0.2, -0.15) is 0 Å². The minimum Gasteiger partial charge on any atom is -0.481 e. The summed E-state index contributed by atoms with van der Waals surface area (Å²) in [7, 11) is 0. The van der Waals surface area contributed by atoms with Crippen LogP contribution < -0.4 is 0 Å². The number of carboxylic acids is 7. The predicted molar refractivity (Wildman–Crippen MR) is 88.8 cm³/mol. The Morgan fingerprint density at radius 2 is 0.871 bits per heavy atom. The van der Waals surface area contributed by atoms with Crippen LogP contribution in [0.1, 0.15) is 12.8 Å². The highest BCUT2D eigenvalue weighted by molar-refractivity contribution is 5.89. The van der Waals surface area contributed by atoms with Gasteiger partial charge in [-0.1, -0.05) is 0 Å². The van der Waals surface area contributed by atoms with Crippen molar-refractivity contribution in [1.29, 1.82) is 0 Å². The number of rotatable bonds is 10. The summed E-state index contributed by atoms with van der Waals surface area (Å²) in [5.41, 5.74) is -2.74. The fourth-order valence-electron chi connectivity index (χ4n) is 1.13. The van der Waals surface area contributed by atoms with Crippen molar-refractivity contribution in [2.45, 2.75) is 30.7 Å². The van der Waals surface area contributed by atoms with Gasteiger partial charge in [0.2, 0.25) is 0 Å². The fourth-order valence-corrected chi connectivity index (χ4v) is 1.13. The number of aliphatic hydroxyl groups excluding tert-OH is 2. The van der Waals surface area contributed by atoms with Gasteiger partial charge in [-0.05, 0) is 0 Å². The lowest BCUT2D eigenvalue weighted by atomic mass is 9.96. The Kier molecular flexibility index (Phi) is 15.1. The third kappa shape index (κ3) is 17.7. The van der Waals surface area contributed by atoms with Gasteiger partial charge < -0.3 is 51.1 Å². The van der Waals surface area contributed by atoms with Crippen molar-refractivity contribution in [3.05, 3.63) is 12.2 Å². The number of carbonyl (C=O) groups is 7. The van der Waals surface area contributed by atoms with Crippen molar-refractivity contribution in [3.63, 3.8) is 0 Å². The molecule has 31 heavy (non-hydrogen) atoms. The molecule has 0 aliphatic rings. The molecule has 0 aromatic rings. The van der Waals surface area contributed by atoms with E-state index in [9.17, 15) is 33.6 Å². The molecule has 0 spiro atoms. The Hall–Kier alpha value is -4.09. The quantitative estimate of drug-likeness (QED) is 0.141. The molecule has 0 aliphatic heterocycles. The smallest absolute Gasteiger partial charge is 0.336 e. The summed E-state index contributed by atoms with van der Waals surface area (Å²) < 4.78 is 0. The SMILES string of the molecule is O=C(O)/C=C\C(=O)O.O=C(O)C(O)C(O)C(=O)O.O=C(O)CC(O)(CC(=O)O)C(=O)O. The molecule has 0 aromatic heterocycles. The molecular formula is C14H18O17. The first kappa shape index (κ1) is 31.6. The number of aliphatic carboxylic acids is 7. The summed E-state index contributed by atoms with van der Waals surface area (Å²) in [4.78, 5) is 69.1. The Morgan fingerprint density at radius 1 is 0.613 bits per heavy atom. The number of hydrogen-bond acceptors (Lipinski definition) is 10. The molecule has 0 heterocycles. The molecule has 2 unspecified atom stereocenters. The van der Waals surface area contributed by atoms with Gasteiger partial charge in [-0.15, -0.1) is 0 Å². The highest BCUT2D eigenvalue weighted by Gasteiger charge is 2.40. The molecule has 0 rings (SSSR count). The number of carboxylic acid groups (broad SMARTS) is 7. The van der Waals surface area contributed by atoms with Crippen LogP contribution in [0.3, 0.4) is 0 Å². The van der Waals surface area contributed by atoms with Crippen LogP contribution in [-0.2, 0) is 33.6 Å². The summed E-state index contributed by atoms with van der Waals surface area (Å²) in [5.74, 6) is -11.1. The number of aliphatic hydroxyl groups is 3. The normalized spacial score (nSPS) is 12.1. The van der Waals surface area contributed by atoms with Crippen molar-refractivity contribution in [2.75, 3.05) is 0 Å². The van der Waals surface area contributed by atoms with Gasteiger partial charge in [0.15, 0.2) is 17.8 Å². The van der Waals surface area contributed by atoms with Gasteiger partial charge in [0.1, 0.15) is 0 Å². The first-order valence-electron chi connectivity index (χ1n) is 7.22. The fraction of sp³-hybridized carbons (Fsp3) is 0.357. The van der Waals surface area contributed by atoms with Gasteiger partial charge in [0.05, 0.1) is 12.8 Å². The molecule has 0 amide bonds. The Balaban J connectivity index is -0.000000392. The summed E-state index contributed by atoms with van der Waals surface area (Å²) in [6, 6.07) is 0. The zero-order chi connectivity index (χ0) is 25.5. The van der Waals surface area contributed by atoms with E-state index in [-0.39, 0.29) is 0 Å². The maximum Gasteiger partial charge on any atom is 0.336 e. The average molecular weight is 458 g/mol. The maximum atomic E-state index is 10.3. The Labute approximate surface area is 170 Å². The van der Waals surface area contributed by atoms with Crippen molar-refractivity contribution >= 4 is 41.8 Å². The molecule has 0 fully saturated rings. The summed E-state index contributed by atoms with van der Waals surface area (Å²) in [6.45, 7) is 0. The van der Waals surface area contributed by atoms with Crippen LogP contribution in [0.25, 0.3) is 0 Å². The van der Waals surface area contributed by atoms with Crippen molar-refractivity contribution in [1.82, 2.24) is 0 Å². The molecule has 0 saturated heterocycles. The van der Waals surface area contributed by atoms with E-state index in [2.05, 4.69) is 0 Å². The zero-order valence-corrected chi connectivity index (χ0v) is 15.1. The minimum absolute atomic E-state index is 0.558. The molecule has 0 bridgehead atoms. The van der Waals surface area contributed by atoms with Gasteiger partial charge in [-0.25, -0.2) is 24.0 Å². The molecule has 17 heteroatoms. The van der Waals surface area contributed by atoms with Crippen molar-refractivity contribution in [2.24, 2.45) is 0 Å². The van der Waals surface area contributed by atoms with E-state index in [1.165, 1.54) is 0 Å². The van der Waals surface area contributed by atoms with E-state index in [0.717, 1.165) is 0 Å². The Bertz CT molecular complexity index is 670. The van der Waals surface area contributed by atoms with Gasteiger partial charge in [0, 0.05) is 12.2 Å². The maximum absolute atomic E-state index is 10.3. The van der Waals surface area contributed by atoms with E-state index >= 15 is 0 Å². The van der Waals surface area contributed by atoms with Gasteiger partial charge in [-0.3, -0.25) is 9.59 Å². The van der Waals surface area contributed by atoms with E-state index in [1.807, 2.05) is 0 Å². The second-order valence-corrected chi connectivity index (χ2v) is 5.05. The molecule has 0 saturated carbocycles. The summed E-state index contributed by atoms with van der Waals surface area (Å²) >= 11 is 0. The second-order valence-electron chi connectivity index (χ2n) is 5.05. The third-order valence-corrected chi connectivity index (χ3v) is 2.46. The Morgan fingerprint density at radius 3 is 1.00 bits per heavy atom. The molecule has 176 valence electrons. The largest absolute Gasteiger partial charge is 0.481 e. The van der Waals surface area contributed by atoms with Crippen LogP contribution in [0.15, 0.2) is 12.2 Å². The highest BCUT2D eigenvalue weighted by Crippen LogP contribution is 2.15. The molecule has 0 aromatic carbocycles. The van der Waals surface area contributed by atoms with Gasteiger partial charge in [0.25, 0.3) is 0 Å². The lowest BCUT2D eigenvalue weighted by molar-refractivity contribution is -0.170. The van der Waals surface area contributed by atoms with Crippen molar-refractivity contribution < 1.29 is 84.6 Å². The summed E-state index contributed by atoms with van der Waals surface area (Å²) in [5, 5.41) is 82.0. The average Bonchev–Trinajstić information content (AvgIpc) is 2.57. The van der Waals surface area contributed by atoms with Gasteiger partial charge >= 0.3 is 41.8 Å². The first-order chi connectivity index (χ1) is 13.9. The molecule has 17 nitrogen and oxygen atoms in total. The molecule has 0 radical (unpaired) electrons. The summed E-state index contributed by atoms with van der Waals surface area (Å²) in [6.07, 6.45) is -5.71. The van der Waals surface area contributed by atoms with E-state index < -0.39 is 72.4 Å². The van der Waals surface area contributed by atoms with E-state index in [0.29, 0.717) is 12.2 Å². The van der Waals surface area contributed by atoms with Crippen LogP contribution in [0, 0.1) is 0 Å². The third-order valence-electron chi connectivity index (χ3n) is 2.46. The molecular weight excluding hydrogens is 440 g/mol. The lowest BCUT2D eigenvalue weighted by Gasteiger charge is -2.18. The predicted octanol–water partition coefficient (Wildman–Crippen LogP) is -3.66. The van der Waals surface area contributed by atoms with Crippen LogP contribution >= 0.6 is 0 Å². The van der Waals surface area contributed by atoms with Crippen LogP contribution in [0.5, 0.6) is 0 Å². The van der Waals surface area contributed by atoms with Crippen LogP contribution in [0.4, 0.5) is 0 Å². The monoisotopic (exact) mass is 458 g/mol.